The summed E-state index contributed by atoms with van der Waals surface area (Å²) in [7, 11) is 0. The smallest absolute Gasteiger partial charge is 0.123 e. The Bertz CT molecular complexity index is 474. The molecular formula is C17H26N2O. The summed E-state index contributed by atoms with van der Waals surface area (Å²) in [6.07, 6.45) is 3.68. The first kappa shape index (κ1) is 13.9. The molecule has 3 unspecified atom stereocenters. The molecule has 1 fully saturated rings. The van der Waals surface area contributed by atoms with E-state index in [1.807, 2.05) is 0 Å². The summed E-state index contributed by atoms with van der Waals surface area (Å²) >= 11 is 0. The van der Waals surface area contributed by atoms with Crippen molar-refractivity contribution in [3.05, 3.63) is 29.3 Å². The van der Waals surface area contributed by atoms with Gasteiger partial charge in [-0.1, -0.05) is 31.0 Å². The summed E-state index contributed by atoms with van der Waals surface area (Å²) in [5.41, 5.74) is 8.88. The Morgan fingerprint density at radius 3 is 3.05 bits per heavy atom. The number of rotatable bonds is 3. The standard InChI is InChI=1S/C17H26N2O/c1-3-13-10-19(7-6-16(13)18)11-15-9-14-8-12(2)4-5-17(14)20-15/h4-5,8,13,15-16H,3,6-7,9-11,18H2,1-2H3. The zero-order valence-corrected chi connectivity index (χ0v) is 12.6. The Morgan fingerprint density at radius 2 is 2.25 bits per heavy atom. The van der Waals surface area contributed by atoms with Gasteiger partial charge in [-0.05, 0) is 37.4 Å². The second-order valence-corrected chi connectivity index (χ2v) is 6.44. The molecule has 3 nitrogen and oxygen atoms in total. The normalized spacial score (nSPS) is 30.1. The van der Waals surface area contributed by atoms with E-state index in [0.717, 1.165) is 38.2 Å². The van der Waals surface area contributed by atoms with Crippen LogP contribution >= 0.6 is 0 Å². The van der Waals surface area contributed by atoms with Crippen molar-refractivity contribution in [1.29, 1.82) is 0 Å². The predicted molar refractivity (Wildman–Crippen MR) is 82.1 cm³/mol. The lowest BCUT2D eigenvalue weighted by Crippen LogP contribution is -2.49. The van der Waals surface area contributed by atoms with Crippen molar-refractivity contribution in [2.45, 2.75) is 45.3 Å². The number of piperidine rings is 1. The molecule has 2 aliphatic heterocycles. The average Bonchev–Trinajstić information content (AvgIpc) is 2.82. The van der Waals surface area contributed by atoms with E-state index >= 15 is 0 Å². The minimum atomic E-state index is 0.318. The van der Waals surface area contributed by atoms with Crippen LogP contribution in [0.15, 0.2) is 18.2 Å². The van der Waals surface area contributed by atoms with Gasteiger partial charge >= 0.3 is 0 Å². The van der Waals surface area contributed by atoms with E-state index in [-0.39, 0.29) is 0 Å². The van der Waals surface area contributed by atoms with Crippen molar-refractivity contribution in [2.75, 3.05) is 19.6 Å². The van der Waals surface area contributed by atoms with E-state index in [9.17, 15) is 0 Å². The maximum Gasteiger partial charge on any atom is 0.123 e. The minimum Gasteiger partial charge on any atom is -0.488 e. The van der Waals surface area contributed by atoms with Crippen LogP contribution in [-0.2, 0) is 6.42 Å². The molecular weight excluding hydrogens is 248 g/mol. The number of nitrogens with zero attached hydrogens (tertiary/aromatic N) is 1. The second-order valence-electron chi connectivity index (χ2n) is 6.44. The molecule has 1 aromatic rings. The fourth-order valence-corrected chi connectivity index (χ4v) is 3.56. The summed E-state index contributed by atoms with van der Waals surface area (Å²) < 4.78 is 6.09. The van der Waals surface area contributed by atoms with Crippen molar-refractivity contribution in [3.63, 3.8) is 0 Å². The Morgan fingerprint density at radius 1 is 1.40 bits per heavy atom. The summed E-state index contributed by atoms with van der Waals surface area (Å²) in [5, 5.41) is 0. The highest BCUT2D eigenvalue weighted by Crippen LogP contribution is 2.30. The monoisotopic (exact) mass is 274 g/mol. The molecule has 3 heteroatoms. The summed E-state index contributed by atoms with van der Waals surface area (Å²) in [5.74, 6) is 1.73. The molecule has 0 amide bonds. The molecule has 3 rings (SSSR count). The number of hydrogen-bond acceptors (Lipinski definition) is 3. The zero-order valence-electron chi connectivity index (χ0n) is 12.6. The minimum absolute atomic E-state index is 0.318. The molecule has 0 spiro atoms. The molecule has 2 aliphatic rings. The number of fused-ring (bicyclic) bond motifs is 1. The molecule has 2 N–H and O–H groups in total. The van der Waals surface area contributed by atoms with E-state index in [2.05, 4.69) is 36.9 Å². The van der Waals surface area contributed by atoms with Gasteiger partial charge in [-0.25, -0.2) is 0 Å². The van der Waals surface area contributed by atoms with Crippen LogP contribution < -0.4 is 10.5 Å². The largest absolute Gasteiger partial charge is 0.488 e. The molecule has 1 aromatic carbocycles. The van der Waals surface area contributed by atoms with Crippen molar-refractivity contribution >= 4 is 0 Å². The molecule has 20 heavy (non-hydrogen) atoms. The number of benzene rings is 1. The van der Waals surface area contributed by atoms with Crippen LogP contribution in [0.4, 0.5) is 0 Å². The number of hydrogen-bond donors (Lipinski definition) is 1. The van der Waals surface area contributed by atoms with E-state index in [1.54, 1.807) is 0 Å². The lowest BCUT2D eigenvalue weighted by atomic mass is 9.90. The molecule has 2 heterocycles. The van der Waals surface area contributed by atoms with Crippen LogP contribution in [0, 0.1) is 12.8 Å². The number of aryl methyl sites for hydroxylation is 1. The fourth-order valence-electron chi connectivity index (χ4n) is 3.56. The molecule has 0 radical (unpaired) electrons. The van der Waals surface area contributed by atoms with Gasteiger partial charge < -0.3 is 10.5 Å². The Hall–Kier alpha value is -1.06. The fraction of sp³-hybridized carbons (Fsp3) is 0.647. The highest BCUT2D eigenvalue weighted by Gasteiger charge is 2.29. The van der Waals surface area contributed by atoms with Gasteiger partial charge in [0.25, 0.3) is 0 Å². The quantitative estimate of drug-likeness (QED) is 0.919. The maximum absolute atomic E-state index is 6.19. The highest BCUT2D eigenvalue weighted by molar-refractivity contribution is 5.40. The van der Waals surface area contributed by atoms with Crippen LogP contribution in [0.1, 0.15) is 30.9 Å². The predicted octanol–water partition coefficient (Wildman–Crippen LogP) is 2.36. The van der Waals surface area contributed by atoms with Gasteiger partial charge in [0, 0.05) is 25.6 Å². The van der Waals surface area contributed by atoms with Crippen molar-refractivity contribution < 1.29 is 4.74 Å². The van der Waals surface area contributed by atoms with Crippen molar-refractivity contribution in [3.8, 4) is 5.75 Å². The third kappa shape index (κ3) is 2.84. The van der Waals surface area contributed by atoms with Crippen LogP contribution in [0.3, 0.4) is 0 Å². The molecule has 0 aliphatic carbocycles. The summed E-state index contributed by atoms with van der Waals surface area (Å²) in [6, 6.07) is 6.90. The molecule has 0 saturated carbocycles. The summed E-state index contributed by atoms with van der Waals surface area (Å²) in [6.45, 7) is 7.68. The third-order valence-corrected chi connectivity index (χ3v) is 4.82. The first-order valence-electron chi connectivity index (χ1n) is 7.90. The van der Waals surface area contributed by atoms with Gasteiger partial charge in [0.2, 0.25) is 0 Å². The molecule has 3 atom stereocenters. The van der Waals surface area contributed by atoms with E-state index in [4.69, 9.17) is 10.5 Å². The molecule has 0 aromatic heterocycles. The molecule has 1 saturated heterocycles. The van der Waals surface area contributed by atoms with Gasteiger partial charge in [-0.2, -0.15) is 0 Å². The SMILES string of the molecule is CCC1CN(CC2Cc3cc(C)ccc3O2)CCC1N. The Labute approximate surface area is 122 Å². The number of likely N-dealkylation sites (tertiary alicyclic amines) is 1. The topological polar surface area (TPSA) is 38.5 Å². The maximum atomic E-state index is 6.19. The van der Waals surface area contributed by atoms with Gasteiger partial charge in [0.15, 0.2) is 0 Å². The van der Waals surface area contributed by atoms with Gasteiger partial charge in [-0.15, -0.1) is 0 Å². The average molecular weight is 274 g/mol. The Kier molecular flexibility index (Phi) is 3.99. The van der Waals surface area contributed by atoms with E-state index in [0.29, 0.717) is 18.1 Å². The van der Waals surface area contributed by atoms with Gasteiger partial charge in [0.1, 0.15) is 11.9 Å². The first-order valence-corrected chi connectivity index (χ1v) is 7.90. The van der Waals surface area contributed by atoms with Crippen molar-refractivity contribution in [2.24, 2.45) is 11.7 Å². The number of nitrogens with two attached hydrogens (primary N) is 1. The molecule has 0 bridgehead atoms. The van der Waals surface area contributed by atoms with Gasteiger partial charge in [-0.3, -0.25) is 4.90 Å². The zero-order chi connectivity index (χ0) is 14.1. The summed E-state index contributed by atoms with van der Waals surface area (Å²) in [4.78, 5) is 2.54. The van der Waals surface area contributed by atoms with Crippen LogP contribution in [-0.4, -0.2) is 36.7 Å². The van der Waals surface area contributed by atoms with Crippen LogP contribution in [0.25, 0.3) is 0 Å². The lowest BCUT2D eigenvalue weighted by molar-refractivity contribution is 0.0994. The third-order valence-electron chi connectivity index (χ3n) is 4.82. The van der Waals surface area contributed by atoms with Crippen LogP contribution in [0.5, 0.6) is 5.75 Å². The molecule has 110 valence electrons. The first-order chi connectivity index (χ1) is 9.65. The lowest BCUT2D eigenvalue weighted by Gasteiger charge is -2.37. The van der Waals surface area contributed by atoms with E-state index < -0.39 is 0 Å². The van der Waals surface area contributed by atoms with E-state index in [1.165, 1.54) is 17.5 Å². The second kappa shape index (κ2) is 5.74. The highest BCUT2D eigenvalue weighted by atomic mass is 16.5. The van der Waals surface area contributed by atoms with Crippen LogP contribution in [0.2, 0.25) is 0 Å². The van der Waals surface area contributed by atoms with Gasteiger partial charge in [0.05, 0.1) is 0 Å². The van der Waals surface area contributed by atoms with Crippen molar-refractivity contribution in [1.82, 2.24) is 4.90 Å². The number of ether oxygens (including phenoxy) is 1. The Balaban J connectivity index is 1.58.